The van der Waals surface area contributed by atoms with Gasteiger partial charge in [0.05, 0.1) is 6.10 Å². The van der Waals surface area contributed by atoms with Gasteiger partial charge in [0.25, 0.3) is 5.56 Å². The molecule has 0 bridgehead atoms. The number of nitrogens with one attached hydrogen (secondary N) is 1. The summed E-state index contributed by atoms with van der Waals surface area (Å²) in [6.07, 6.45) is -6.58. The van der Waals surface area contributed by atoms with E-state index in [9.17, 15) is 38.6 Å². The molecular weight excluding hydrogens is 645 g/mol. The van der Waals surface area contributed by atoms with Crippen LogP contribution >= 0.6 is 24.8 Å². The number of anilines is 1. The van der Waals surface area contributed by atoms with Gasteiger partial charge in [-0.15, -0.1) is 14.1 Å². The summed E-state index contributed by atoms with van der Waals surface area (Å²) in [7, 11) is -9.59. The van der Waals surface area contributed by atoms with Crippen LogP contribution in [-0.2, 0) is 40.8 Å². The molecule has 5 rings (SSSR count). The van der Waals surface area contributed by atoms with Crippen LogP contribution in [0.1, 0.15) is 18.9 Å². The van der Waals surface area contributed by atoms with Crippen LogP contribution in [-0.4, -0.2) is 93.6 Å². The highest BCUT2D eigenvalue weighted by Crippen LogP contribution is 2.47. The molecule has 3 unspecified atom stereocenters. The van der Waals surface area contributed by atoms with E-state index in [0.29, 0.717) is 0 Å². The molecule has 2 aliphatic heterocycles. The second-order valence-corrected chi connectivity index (χ2v) is 12.1. The number of aromatic amines is 1. The summed E-state index contributed by atoms with van der Waals surface area (Å²) in [6, 6.07) is 0.996. The molecule has 230 valence electrons. The van der Waals surface area contributed by atoms with Crippen LogP contribution in [0.4, 0.5) is 5.82 Å². The fourth-order valence-electron chi connectivity index (χ4n) is 4.15. The topological polar surface area (TPSA) is 305 Å². The van der Waals surface area contributed by atoms with Crippen LogP contribution in [0.5, 0.6) is 0 Å². The minimum atomic E-state index is -3.30. The van der Waals surface area contributed by atoms with E-state index in [-0.39, 0.29) is 23.4 Å². The molecule has 5 heterocycles. The molecule has 3 aromatic heterocycles. The maximum Gasteiger partial charge on any atom is 0.798 e. The van der Waals surface area contributed by atoms with E-state index in [1.165, 1.54) is 11.0 Å². The lowest BCUT2D eigenvalue weighted by atomic mass is 10.1. The van der Waals surface area contributed by atoms with Gasteiger partial charge in [-0.05, 0) is 0 Å². The van der Waals surface area contributed by atoms with E-state index in [4.69, 9.17) is 24.3 Å². The Morgan fingerprint density at radius 2 is 1.70 bits per heavy atom. The zero-order chi connectivity index (χ0) is 30.8. The van der Waals surface area contributed by atoms with Crippen molar-refractivity contribution in [2.45, 2.75) is 49.4 Å². The first kappa shape index (κ1) is 31.3. The summed E-state index contributed by atoms with van der Waals surface area (Å²) < 4.78 is 68.0. The highest BCUT2D eigenvalue weighted by molar-refractivity contribution is 7.53. The molecular formula is C18H22N8O14P3+3. The van der Waals surface area contributed by atoms with Crippen LogP contribution in [0.15, 0.2) is 28.2 Å². The lowest BCUT2D eigenvalue weighted by Gasteiger charge is -2.16. The molecule has 2 aliphatic rings. The monoisotopic (exact) mass is 667 g/mol. The van der Waals surface area contributed by atoms with Crippen LogP contribution in [0, 0.1) is 0 Å². The fourth-order valence-corrected chi connectivity index (χ4v) is 6.33. The standard InChI is InChI=1S/C18H21N8O14P3/c19-15-12-16(21-6-20-15)26(24-23-12)11-3-7(27)8(37-11)4-35-41(32)39-43(34)40-42(33)36-5-9-13(29)14(30)17(38-9)25-2-1-10(28)22-18(25)31/h1-2,6-9,11,13-14,17,27,29-30H,3-5H2,(H2-,19,20,21,22,24,28,31)/q+2/p+1/t7-,8+,9-,11+,13-,14-,17-/m1/s1. The molecule has 2 saturated heterocycles. The molecule has 0 aromatic carbocycles. The minimum absolute atomic E-state index is 0.0437. The summed E-state index contributed by atoms with van der Waals surface area (Å²) >= 11 is 0. The molecule has 3 aromatic rings. The number of nitrogen functional groups attached to an aromatic ring is 1. The Balaban J connectivity index is 1.05. The van der Waals surface area contributed by atoms with Crippen LogP contribution in [0.3, 0.4) is 0 Å². The third kappa shape index (κ3) is 7.01. The van der Waals surface area contributed by atoms with E-state index >= 15 is 0 Å². The van der Waals surface area contributed by atoms with Crippen molar-refractivity contribution < 1.29 is 56.2 Å². The zero-order valence-corrected chi connectivity index (χ0v) is 24.0. The first-order valence-corrected chi connectivity index (χ1v) is 15.3. The van der Waals surface area contributed by atoms with Crippen molar-refractivity contribution in [3.8, 4) is 0 Å². The Labute approximate surface area is 240 Å². The van der Waals surface area contributed by atoms with E-state index in [0.717, 1.165) is 16.8 Å². The van der Waals surface area contributed by atoms with Crippen molar-refractivity contribution >= 4 is 41.7 Å². The molecule has 22 nitrogen and oxygen atoms in total. The van der Waals surface area contributed by atoms with Crippen LogP contribution < -0.4 is 17.0 Å². The first-order chi connectivity index (χ1) is 20.5. The third-order valence-corrected chi connectivity index (χ3v) is 9.04. The fraction of sp³-hybridized carbons (Fsp3) is 0.556. The number of aromatic nitrogens is 7. The number of fused-ring (bicyclic) bond motifs is 1. The lowest BCUT2D eigenvalue weighted by Crippen LogP contribution is -2.37. The highest BCUT2D eigenvalue weighted by atomic mass is 31.2. The van der Waals surface area contributed by atoms with Gasteiger partial charge >= 0.3 is 30.5 Å². The van der Waals surface area contributed by atoms with Gasteiger partial charge in [-0.3, -0.25) is 14.3 Å². The Hall–Kier alpha value is -3.10. The van der Waals surface area contributed by atoms with E-state index in [1.807, 2.05) is 4.98 Å². The largest absolute Gasteiger partial charge is 0.798 e. The summed E-state index contributed by atoms with van der Waals surface area (Å²) in [5.41, 5.74) is 4.63. The Morgan fingerprint density at radius 3 is 2.40 bits per heavy atom. The average Bonchev–Trinajstić information content (AvgIpc) is 3.63. The normalized spacial score (nSPS) is 28.3. The molecule has 10 atom stereocenters. The van der Waals surface area contributed by atoms with E-state index < -0.39 is 92.2 Å². The van der Waals surface area contributed by atoms with Crippen molar-refractivity contribution in [2.24, 2.45) is 0 Å². The van der Waals surface area contributed by atoms with Crippen molar-refractivity contribution in [3.05, 3.63) is 39.4 Å². The van der Waals surface area contributed by atoms with Gasteiger partial charge in [0.1, 0.15) is 44.0 Å². The van der Waals surface area contributed by atoms with Crippen LogP contribution in [0.25, 0.3) is 11.2 Å². The van der Waals surface area contributed by atoms with Gasteiger partial charge in [-0.2, -0.15) is 4.68 Å². The molecule has 0 radical (unpaired) electrons. The number of H-pyrrole nitrogens is 1. The van der Waals surface area contributed by atoms with Crippen molar-refractivity contribution in [3.63, 3.8) is 0 Å². The van der Waals surface area contributed by atoms with Gasteiger partial charge in [0, 0.05) is 32.4 Å². The lowest BCUT2D eigenvalue weighted by molar-refractivity contribution is -0.0516. The quantitative estimate of drug-likeness (QED) is 0.140. The first-order valence-electron chi connectivity index (χ1n) is 12.0. The van der Waals surface area contributed by atoms with Gasteiger partial charge in [0.15, 0.2) is 38.1 Å². The number of rotatable bonds is 12. The van der Waals surface area contributed by atoms with Crippen molar-refractivity contribution in [2.75, 3.05) is 18.9 Å². The highest BCUT2D eigenvalue weighted by Gasteiger charge is 2.52. The predicted octanol–water partition coefficient (Wildman–Crippen LogP) is -1.34. The number of ether oxygens (including phenoxy) is 2. The van der Waals surface area contributed by atoms with Gasteiger partial charge in [-0.1, -0.05) is 5.21 Å². The Morgan fingerprint density at radius 1 is 1.00 bits per heavy atom. The van der Waals surface area contributed by atoms with E-state index in [1.54, 1.807) is 0 Å². The smallest absolute Gasteiger partial charge is 0.390 e. The molecule has 2 fully saturated rings. The minimum Gasteiger partial charge on any atom is -0.390 e. The molecule has 43 heavy (non-hydrogen) atoms. The van der Waals surface area contributed by atoms with Gasteiger partial charge in [0.2, 0.25) is 0 Å². The average molecular weight is 667 g/mol. The molecule has 0 saturated carbocycles. The zero-order valence-electron chi connectivity index (χ0n) is 21.3. The maximum atomic E-state index is 12.1. The SMILES string of the molecule is Nc1ncnc2c1nnn2[C@@H]1C[C@@H](O)[C@H](CO[P+](=O)O[P+](=O)O[P+](=O)OC[C@H]2O[C@@H](n3ccc(=O)[nH]c3=O)[C@H](O)[C@@H]2O)O1. The molecule has 0 aliphatic carbocycles. The maximum absolute atomic E-state index is 12.1. The summed E-state index contributed by atoms with van der Waals surface area (Å²) in [6.45, 7) is -1.13. The molecule has 6 N–H and O–H groups in total. The number of aliphatic hydroxyl groups excluding tert-OH is 3. The number of aliphatic hydroxyl groups is 3. The number of nitrogens with zero attached hydrogens (tertiary/aromatic N) is 6. The Bertz CT molecular complexity index is 1650. The van der Waals surface area contributed by atoms with E-state index in [2.05, 4.69) is 28.9 Å². The number of hydrogen-bond donors (Lipinski definition) is 5. The molecule has 0 spiro atoms. The second kappa shape index (κ2) is 13.3. The van der Waals surface area contributed by atoms with Crippen molar-refractivity contribution in [1.82, 2.24) is 34.5 Å². The second-order valence-electron chi connectivity index (χ2n) is 8.89. The third-order valence-electron chi connectivity index (χ3n) is 6.18. The van der Waals surface area contributed by atoms with Crippen molar-refractivity contribution in [1.29, 1.82) is 0 Å². The number of hydrogen-bond acceptors (Lipinski definition) is 19. The van der Waals surface area contributed by atoms with Gasteiger partial charge in [-0.25, -0.2) is 14.8 Å². The van der Waals surface area contributed by atoms with Crippen LogP contribution in [0.2, 0.25) is 0 Å². The summed E-state index contributed by atoms with van der Waals surface area (Å²) in [4.78, 5) is 33.0. The Kier molecular flexibility index (Phi) is 9.67. The molecule has 25 heteroatoms. The van der Waals surface area contributed by atoms with Gasteiger partial charge < -0.3 is 30.5 Å². The predicted molar refractivity (Wildman–Crippen MR) is 136 cm³/mol. The summed E-state index contributed by atoms with van der Waals surface area (Å²) in [5, 5.41) is 38.5. The summed E-state index contributed by atoms with van der Waals surface area (Å²) in [5.74, 6) is 0.102. The molecule has 0 amide bonds. The number of nitrogens with two attached hydrogens (primary N) is 1.